The maximum Gasteiger partial charge on any atom is 0.143 e. The molecular weight excluding hydrogens is 420 g/mol. The fourth-order valence-corrected chi connectivity index (χ4v) is 3.80. The van der Waals surface area contributed by atoms with Crippen LogP contribution in [0.5, 0.6) is 0 Å². The second-order valence-corrected chi connectivity index (χ2v) is 8.54. The minimum absolute atomic E-state index is 0.0608. The van der Waals surface area contributed by atoms with Crippen molar-refractivity contribution in [2.24, 2.45) is 10.9 Å². The number of benzene rings is 1. The van der Waals surface area contributed by atoms with E-state index in [2.05, 4.69) is 96.9 Å². The van der Waals surface area contributed by atoms with Crippen molar-refractivity contribution < 1.29 is 0 Å². The molecular formula is C26H29BrN2. The molecule has 0 aromatic heterocycles. The Labute approximate surface area is 183 Å². The lowest BCUT2D eigenvalue weighted by molar-refractivity contribution is 0.370. The number of hydrogen-bond donors (Lipinski definition) is 0. The largest absolute Gasteiger partial charge is 0.349 e. The molecule has 2 unspecified atom stereocenters. The quantitative estimate of drug-likeness (QED) is 0.436. The zero-order valence-electron chi connectivity index (χ0n) is 17.7. The number of rotatable bonds is 5. The molecule has 0 amide bonds. The van der Waals surface area contributed by atoms with E-state index in [9.17, 15) is 0 Å². The number of halogens is 1. The van der Waals surface area contributed by atoms with Crippen LogP contribution in [0.15, 0.2) is 88.4 Å². The van der Waals surface area contributed by atoms with E-state index in [1.807, 2.05) is 25.2 Å². The molecule has 2 nitrogen and oxygen atoms in total. The maximum absolute atomic E-state index is 4.94. The number of nitrogens with zero attached hydrogens (tertiary/aromatic N) is 2. The van der Waals surface area contributed by atoms with Crippen molar-refractivity contribution in [3.63, 3.8) is 0 Å². The first kappa shape index (κ1) is 21.3. The van der Waals surface area contributed by atoms with Crippen molar-refractivity contribution in [2.75, 3.05) is 7.05 Å². The van der Waals surface area contributed by atoms with E-state index >= 15 is 0 Å². The third-order valence-corrected chi connectivity index (χ3v) is 6.19. The van der Waals surface area contributed by atoms with Gasteiger partial charge in [0.15, 0.2) is 0 Å². The molecule has 0 bridgehead atoms. The third-order valence-electron chi connectivity index (χ3n) is 5.47. The second-order valence-electron chi connectivity index (χ2n) is 7.63. The number of likely N-dealkylation sites (N-methyl/N-ethyl adjacent to an activating group) is 1. The molecule has 29 heavy (non-hydrogen) atoms. The van der Waals surface area contributed by atoms with Gasteiger partial charge in [0.05, 0.1) is 0 Å². The molecule has 150 valence electrons. The van der Waals surface area contributed by atoms with Gasteiger partial charge in [-0.2, -0.15) is 0 Å². The fourth-order valence-electron chi connectivity index (χ4n) is 3.66. The molecule has 1 aromatic carbocycles. The molecule has 1 aliphatic heterocycles. The molecule has 1 aromatic rings. The van der Waals surface area contributed by atoms with Crippen LogP contribution >= 0.6 is 15.9 Å². The highest BCUT2D eigenvalue weighted by molar-refractivity contribution is 9.11. The van der Waals surface area contributed by atoms with Crippen molar-refractivity contribution in [1.29, 1.82) is 0 Å². The summed E-state index contributed by atoms with van der Waals surface area (Å²) in [4.78, 5) is 7.23. The first-order valence-electron chi connectivity index (χ1n) is 10.1. The van der Waals surface area contributed by atoms with Crippen LogP contribution in [0, 0.1) is 5.92 Å². The highest BCUT2D eigenvalue weighted by Crippen LogP contribution is 2.33. The van der Waals surface area contributed by atoms with Gasteiger partial charge in [-0.1, -0.05) is 84.1 Å². The molecule has 1 aliphatic carbocycles. The normalized spacial score (nSPS) is 22.4. The van der Waals surface area contributed by atoms with Gasteiger partial charge in [-0.05, 0) is 60.6 Å². The SMILES string of the molecule is C=C(/C=C\C(Br)=C/C)c1ccc(C2=CC(C)=NC(C3=CC=CCC3C)N2C)cc1. The summed E-state index contributed by atoms with van der Waals surface area (Å²) in [5, 5.41) is 0. The monoisotopic (exact) mass is 448 g/mol. The molecule has 0 radical (unpaired) electrons. The van der Waals surface area contributed by atoms with E-state index in [-0.39, 0.29) is 6.17 Å². The molecule has 2 aliphatic rings. The Kier molecular flexibility index (Phi) is 6.92. The van der Waals surface area contributed by atoms with Gasteiger partial charge >= 0.3 is 0 Å². The predicted molar refractivity (Wildman–Crippen MR) is 131 cm³/mol. The number of aliphatic imine (C=N–C) groups is 1. The van der Waals surface area contributed by atoms with Crippen LogP contribution < -0.4 is 0 Å². The lowest BCUT2D eigenvalue weighted by Gasteiger charge is -2.36. The van der Waals surface area contributed by atoms with E-state index in [0.29, 0.717) is 5.92 Å². The van der Waals surface area contributed by atoms with Crippen LogP contribution in [0.4, 0.5) is 0 Å². The molecule has 2 atom stereocenters. The summed E-state index contributed by atoms with van der Waals surface area (Å²) in [6.45, 7) is 10.6. The third kappa shape index (κ3) is 4.97. The van der Waals surface area contributed by atoms with E-state index in [1.165, 1.54) is 16.8 Å². The van der Waals surface area contributed by atoms with Gasteiger partial charge in [0.1, 0.15) is 6.17 Å². The fraction of sp³-hybridized carbons (Fsp3) is 0.269. The second kappa shape index (κ2) is 9.41. The van der Waals surface area contributed by atoms with Crippen LogP contribution in [-0.2, 0) is 0 Å². The van der Waals surface area contributed by atoms with Crippen molar-refractivity contribution in [2.45, 2.75) is 33.4 Å². The number of hydrogen-bond acceptors (Lipinski definition) is 2. The number of allylic oxidation sites excluding steroid dienone is 9. The Balaban J connectivity index is 1.84. The topological polar surface area (TPSA) is 15.6 Å². The highest BCUT2D eigenvalue weighted by Gasteiger charge is 2.28. The standard InChI is InChI=1S/C26H29BrN2/c1-6-23(27)16-11-18(2)21-12-14-22(15-13-21)25-17-20(4)28-26(29(25)5)24-10-8-7-9-19(24)3/h6-8,10-17,19,26H,2,9H2,1,3-5H3/b16-11-,23-6+. The van der Waals surface area contributed by atoms with Crippen molar-refractivity contribution >= 4 is 32.9 Å². The first-order chi connectivity index (χ1) is 13.9. The molecule has 3 heteroatoms. The molecule has 0 spiro atoms. The molecule has 3 rings (SSSR count). The Morgan fingerprint density at radius 1 is 1.24 bits per heavy atom. The summed E-state index contributed by atoms with van der Waals surface area (Å²) in [6, 6.07) is 8.63. The summed E-state index contributed by atoms with van der Waals surface area (Å²) in [7, 11) is 2.14. The van der Waals surface area contributed by atoms with E-state index in [0.717, 1.165) is 27.8 Å². The summed E-state index contributed by atoms with van der Waals surface area (Å²) in [5.41, 5.74) is 6.96. The minimum Gasteiger partial charge on any atom is -0.349 e. The van der Waals surface area contributed by atoms with Gasteiger partial charge in [-0.25, -0.2) is 0 Å². The van der Waals surface area contributed by atoms with Gasteiger partial charge < -0.3 is 4.90 Å². The molecule has 0 fully saturated rings. The van der Waals surface area contributed by atoms with Gasteiger partial charge in [-0.3, -0.25) is 4.99 Å². The van der Waals surface area contributed by atoms with Crippen LogP contribution in [0.3, 0.4) is 0 Å². The molecule has 0 saturated carbocycles. The van der Waals surface area contributed by atoms with Crippen molar-refractivity contribution in [1.82, 2.24) is 4.90 Å². The zero-order chi connectivity index (χ0) is 21.0. The van der Waals surface area contributed by atoms with Crippen molar-refractivity contribution in [3.8, 4) is 0 Å². The highest BCUT2D eigenvalue weighted by atomic mass is 79.9. The van der Waals surface area contributed by atoms with Gasteiger partial charge in [0, 0.05) is 22.9 Å². The summed E-state index contributed by atoms with van der Waals surface area (Å²) >= 11 is 3.50. The van der Waals surface area contributed by atoms with Gasteiger partial charge in [0.25, 0.3) is 0 Å². The average molecular weight is 449 g/mol. The van der Waals surface area contributed by atoms with Gasteiger partial charge in [0.2, 0.25) is 0 Å². The van der Waals surface area contributed by atoms with E-state index in [1.54, 1.807) is 0 Å². The zero-order valence-corrected chi connectivity index (χ0v) is 19.3. The van der Waals surface area contributed by atoms with Crippen LogP contribution in [0.2, 0.25) is 0 Å². The van der Waals surface area contributed by atoms with E-state index < -0.39 is 0 Å². The van der Waals surface area contributed by atoms with Crippen molar-refractivity contribution in [3.05, 3.63) is 94.6 Å². The van der Waals surface area contributed by atoms with Crippen LogP contribution in [-0.4, -0.2) is 23.8 Å². The Morgan fingerprint density at radius 2 is 1.97 bits per heavy atom. The predicted octanol–water partition coefficient (Wildman–Crippen LogP) is 7.15. The summed E-state index contributed by atoms with van der Waals surface area (Å²) in [5.74, 6) is 0.511. The summed E-state index contributed by atoms with van der Waals surface area (Å²) in [6.07, 6.45) is 16.0. The average Bonchev–Trinajstić information content (AvgIpc) is 2.73. The van der Waals surface area contributed by atoms with Gasteiger partial charge in [-0.15, -0.1) is 0 Å². The summed E-state index contributed by atoms with van der Waals surface area (Å²) < 4.78 is 1.05. The Morgan fingerprint density at radius 3 is 2.62 bits per heavy atom. The molecule has 1 heterocycles. The molecule has 0 saturated heterocycles. The Hall–Kier alpha value is -2.39. The molecule has 0 N–H and O–H groups in total. The maximum atomic E-state index is 4.94. The minimum atomic E-state index is 0.0608. The lowest BCUT2D eigenvalue weighted by Crippen LogP contribution is -2.36. The first-order valence-corrected chi connectivity index (χ1v) is 10.8. The van der Waals surface area contributed by atoms with E-state index in [4.69, 9.17) is 4.99 Å². The van der Waals surface area contributed by atoms with Crippen LogP contribution in [0.25, 0.3) is 11.3 Å². The smallest absolute Gasteiger partial charge is 0.143 e. The van der Waals surface area contributed by atoms with Crippen LogP contribution in [0.1, 0.15) is 38.3 Å². The lowest BCUT2D eigenvalue weighted by atomic mass is 9.89. The Bertz CT molecular complexity index is 955.